The Morgan fingerprint density at radius 1 is 1.04 bits per heavy atom. The summed E-state index contributed by atoms with van der Waals surface area (Å²) < 4.78 is 36.0. The lowest BCUT2D eigenvalue weighted by atomic mass is 9.83. The maximum Gasteiger partial charge on any atom is 0.324 e. The predicted molar refractivity (Wildman–Crippen MR) is 184 cm³/mol. The molecule has 0 bridgehead atoms. The van der Waals surface area contributed by atoms with Gasteiger partial charge in [-0.15, -0.1) is 0 Å². The van der Waals surface area contributed by atoms with Crippen LogP contribution < -0.4 is 26.8 Å². The lowest BCUT2D eigenvalue weighted by molar-refractivity contribution is -0.154. The minimum atomic E-state index is -3.98. The molecule has 0 aliphatic heterocycles. The molecule has 0 saturated heterocycles. The van der Waals surface area contributed by atoms with E-state index in [1.165, 1.54) is 7.11 Å². The van der Waals surface area contributed by atoms with Crippen LogP contribution in [0.2, 0.25) is 0 Å². The molecule has 2 rings (SSSR count). The van der Waals surface area contributed by atoms with Gasteiger partial charge in [0.2, 0.25) is 29.4 Å². The minimum absolute atomic E-state index is 0.00440. The molecule has 1 aromatic carbocycles. The normalized spacial score (nSPS) is 16.0. The van der Waals surface area contributed by atoms with Crippen molar-refractivity contribution in [3.8, 4) is 5.75 Å². The second-order valence-electron chi connectivity index (χ2n) is 14.5. The molecule has 13 heteroatoms. The summed E-state index contributed by atoms with van der Waals surface area (Å²) in [6.45, 7) is 7.27. The van der Waals surface area contributed by atoms with E-state index in [2.05, 4.69) is 10.6 Å². The van der Waals surface area contributed by atoms with E-state index in [9.17, 15) is 24.0 Å². The Hall–Kier alpha value is -3.45. The van der Waals surface area contributed by atoms with Crippen molar-refractivity contribution in [2.75, 3.05) is 13.7 Å². The van der Waals surface area contributed by atoms with Crippen LogP contribution >= 0.6 is 0 Å². The first-order chi connectivity index (χ1) is 22.9. The summed E-state index contributed by atoms with van der Waals surface area (Å²) >= 11 is 0. The number of ketones is 1. The first kappa shape index (κ1) is 41.7. The van der Waals surface area contributed by atoms with Crippen LogP contribution in [0.5, 0.6) is 5.75 Å². The van der Waals surface area contributed by atoms with Gasteiger partial charge >= 0.3 is 5.92 Å². The van der Waals surface area contributed by atoms with Crippen LogP contribution in [-0.4, -0.2) is 77.6 Å². The number of benzene rings is 1. The molecule has 1 unspecified atom stereocenters. The Kier molecular flexibility index (Phi) is 16.2. The van der Waals surface area contributed by atoms with Gasteiger partial charge in [0.15, 0.2) is 0 Å². The highest BCUT2D eigenvalue weighted by molar-refractivity contribution is 6.03. The highest BCUT2D eigenvalue weighted by Gasteiger charge is 2.46. The summed E-state index contributed by atoms with van der Waals surface area (Å²) in [5.41, 5.74) is 12.1. The van der Waals surface area contributed by atoms with Gasteiger partial charge in [-0.3, -0.25) is 28.9 Å². The average Bonchev–Trinajstić information content (AvgIpc) is 3.02. The third-order valence-electron chi connectivity index (χ3n) is 8.61. The summed E-state index contributed by atoms with van der Waals surface area (Å²) in [7, 11) is 1.52. The lowest BCUT2D eigenvalue weighted by Gasteiger charge is -2.35. The molecule has 0 aromatic heterocycles. The van der Waals surface area contributed by atoms with E-state index in [4.69, 9.17) is 16.2 Å². The van der Waals surface area contributed by atoms with E-state index in [0.717, 1.165) is 24.2 Å². The van der Waals surface area contributed by atoms with Gasteiger partial charge in [-0.2, -0.15) is 8.78 Å². The van der Waals surface area contributed by atoms with Crippen LogP contribution in [0.25, 0.3) is 0 Å². The summed E-state index contributed by atoms with van der Waals surface area (Å²) in [6, 6.07) is 2.58. The number of amides is 4. The molecule has 4 amide bonds. The van der Waals surface area contributed by atoms with Gasteiger partial charge in [0, 0.05) is 18.4 Å². The number of alkyl halides is 2. The quantitative estimate of drug-likeness (QED) is 0.168. The highest BCUT2D eigenvalue weighted by atomic mass is 19.3. The maximum absolute atomic E-state index is 15.4. The standard InChI is InChI=1S/C36H57F2N5O6/c1-7-11-29(43(31(45)21-35(4,5)40)34(48)27(39)19-25-14-16-26(49-6)17-15-25)33(47)42-28(20-24-12-9-8-10-13-24)32(46)36(37,38)22-41-30(44)18-23(2)3/h14-17,23-24,27-29H,7-13,18-22,39-40H2,1-6H3,(H,41,44)(H,42,47)/t27-,28?,29-/m0/s1. The van der Waals surface area contributed by atoms with E-state index in [1.54, 1.807) is 58.9 Å². The number of imide groups is 1. The third kappa shape index (κ3) is 13.8. The van der Waals surface area contributed by atoms with Gasteiger partial charge in [-0.25, -0.2) is 0 Å². The van der Waals surface area contributed by atoms with Crippen LogP contribution in [0.1, 0.15) is 104 Å². The van der Waals surface area contributed by atoms with E-state index in [0.29, 0.717) is 30.6 Å². The zero-order valence-corrected chi connectivity index (χ0v) is 30.0. The van der Waals surface area contributed by atoms with Gasteiger partial charge in [0.25, 0.3) is 0 Å². The number of rotatable bonds is 19. The van der Waals surface area contributed by atoms with Crippen molar-refractivity contribution in [1.29, 1.82) is 0 Å². The monoisotopic (exact) mass is 693 g/mol. The zero-order chi connectivity index (χ0) is 36.9. The summed E-state index contributed by atoms with van der Waals surface area (Å²) in [5.74, 6) is -8.16. The minimum Gasteiger partial charge on any atom is -0.497 e. The molecule has 11 nitrogen and oxygen atoms in total. The van der Waals surface area contributed by atoms with Crippen molar-refractivity contribution in [1.82, 2.24) is 15.5 Å². The van der Waals surface area contributed by atoms with Crippen molar-refractivity contribution in [3.05, 3.63) is 29.8 Å². The number of carbonyl (C=O) groups excluding carboxylic acids is 5. The maximum atomic E-state index is 15.4. The molecule has 3 atom stereocenters. The Balaban J connectivity index is 2.43. The fourth-order valence-electron chi connectivity index (χ4n) is 6.11. The molecule has 1 fully saturated rings. The molecule has 0 spiro atoms. The number of ether oxygens (including phenoxy) is 1. The van der Waals surface area contributed by atoms with Crippen LogP contribution in [0, 0.1) is 11.8 Å². The highest BCUT2D eigenvalue weighted by Crippen LogP contribution is 2.30. The van der Waals surface area contributed by atoms with Gasteiger partial charge in [0.05, 0.1) is 25.7 Å². The van der Waals surface area contributed by atoms with Crippen molar-refractivity contribution >= 4 is 29.4 Å². The second-order valence-corrected chi connectivity index (χ2v) is 14.5. The van der Waals surface area contributed by atoms with Gasteiger partial charge in [-0.1, -0.05) is 71.4 Å². The molecule has 1 saturated carbocycles. The molecular weight excluding hydrogens is 636 g/mol. The van der Waals surface area contributed by atoms with Crippen LogP contribution in [-0.2, 0) is 30.4 Å². The Bertz CT molecular complexity index is 1260. The molecule has 1 aliphatic rings. The van der Waals surface area contributed by atoms with E-state index >= 15 is 8.78 Å². The molecule has 1 aromatic rings. The Labute approximate surface area is 289 Å². The van der Waals surface area contributed by atoms with Gasteiger partial charge in [0.1, 0.15) is 11.8 Å². The molecular formula is C36H57F2N5O6. The summed E-state index contributed by atoms with van der Waals surface area (Å²) in [4.78, 5) is 68.1. The van der Waals surface area contributed by atoms with Crippen molar-refractivity contribution in [3.63, 3.8) is 0 Å². The number of hydrogen-bond acceptors (Lipinski definition) is 8. The van der Waals surface area contributed by atoms with Crippen LogP contribution in [0.3, 0.4) is 0 Å². The number of Topliss-reactive ketones (excluding diaryl/α,β-unsaturated/α-hetero) is 1. The fourth-order valence-corrected chi connectivity index (χ4v) is 6.11. The molecule has 1 aliphatic carbocycles. The van der Waals surface area contributed by atoms with Crippen LogP contribution in [0.15, 0.2) is 24.3 Å². The SMILES string of the molecule is CCC[C@@H](C(=O)NC(CC1CCCCC1)C(=O)C(F)(F)CNC(=O)CC(C)C)N(C(=O)CC(C)(C)N)C(=O)[C@@H](N)Cc1ccc(OC)cc1. The van der Waals surface area contributed by atoms with Crippen molar-refractivity contribution < 1.29 is 37.5 Å². The molecule has 0 heterocycles. The smallest absolute Gasteiger partial charge is 0.324 e. The number of methoxy groups -OCH3 is 1. The number of halogens is 2. The number of nitrogens with zero attached hydrogens (tertiary/aromatic N) is 1. The molecule has 6 N–H and O–H groups in total. The van der Waals surface area contributed by atoms with E-state index in [-0.39, 0.29) is 43.9 Å². The fraction of sp³-hybridized carbons (Fsp3) is 0.694. The third-order valence-corrected chi connectivity index (χ3v) is 8.61. The van der Waals surface area contributed by atoms with Crippen LogP contribution in [0.4, 0.5) is 8.78 Å². The lowest BCUT2D eigenvalue weighted by Crippen LogP contribution is -2.61. The van der Waals surface area contributed by atoms with Crippen molar-refractivity contribution in [2.24, 2.45) is 23.3 Å². The van der Waals surface area contributed by atoms with E-state index < -0.39 is 65.5 Å². The van der Waals surface area contributed by atoms with E-state index in [1.807, 2.05) is 0 Å². The van der Waals surface area contributed by atoms with Gasteiger partial charge in [-0.05, 0) is 62.6 Å². The summed E-state index contributed by atoms with van der Waals surface area (Å²) in [6.07, 6.45) is 4.21. The number of nitrogens with one attached hydrogen (secondary N) is 2. The first-order valence-corrected chi connectivity index (χ1v) is 17.4. The Morgan fingerprint density at radius 2 is 1.65 bits per heavy atom. The number of hydrogen-bond donors (Lipinski definition) is 4. The zero-order valence-electron chi connectivity index (χ0n) is 30.0. The molecule has 49 heavy (non-hydrogen) atoms. The Morgan fingerprint density at radius 3 is 2.18 bits per heavy atom. The van der Waals surface area contributed by atoms with Crippen molar-refractivity contribution in [2.45, 2.75) is 135 Å². The average molecular weight is 694 g/mol. The van der Waals surface area contributed by atoms with Gasteiger partial charge < -0.3 is 26.8 Å². The molecule has 276 valence electrons. The largest absolute Gasteiger partial charge is 0.497 e. The number of nitrogens with two attached hydrogens (primary N) is 2. The molecule has 0 radical (unpaired) electrons. The second kappa shape index (κ2) is 19.1. The first-order valence-electron chi connectivity index (χ1n) is 17.4. The topological polar surface area (TPSA) is 174 Å². The predicted octanol–water partition coefficient (Wildman–Crippen LogP) is 4.04. The summed E-state index contributed by atoms with van der Waals surface area (Å²) in [5, 5.41) is 4.66. The number of carbonyl (C=O) groups is 5.